The van der Waals surface area contributed by atoms with Crippen LogP contribution in [0.2, 0.25) is 0 Å². The Bertz CT molecular complexity index is 167. The van der Waals surface area contributed by atoms with Gasteiger partial charge in [-0.3, -0.25) is 0 Å². The molecule has 0 radical (unpaired) electrons. The molecule has 1 aromatic rings. The lowest BCUT2D eigenvalue weighted by Gasteiger charge is -2.00. The first-order valence-corrected chi connectivity index (χ1v) is 3.03. The summed E-state index contributed by atoms with van der Waals surface area (Å²) in [6.45, 7) is 1.76. The van der Waals surface area contributed by atoms with Crippen LogP contribution < -0.4 is 0 Å². The number of hydrogen-bond donors (Lipinski definition) is 1. The van der Waals surface area contributed by atoms with Crippen LogP contribution in [0.3, 0.4) is 0 Å². The van der Waals surface area contributed by atoms with Crippen molar-refractivity contribution in [1.29, 1.82) is 0 Å². The molecule has 0 saturated carbocycles. The van der Waals surface area contributed by atoms with Gasteiger partial charge in [-0.05, 0) is 12.5 Å². The second-order valence-corrected chi connectivity index (χ2v) is 2.09. The molecule has 1 unspecified atom stereocenters. The Morgan fingerprint density at radius 2 is 1.78 bits per heavy atom. The molecule has 1 rings (SSSR count). The smallest absolute Gasteiger partial charge is 0.0761 e. The van der Waals surface area contributed by atoms with Crippen molar-refractivity contribution >= 4 is 0 Å². The van der Waals surface area contributed by atoms with Crippen LogP contribution in [-0.4, -0.2) is 5.11 Å². The van der Waals surface area contributed by atoms with Crippen molar-refractivity contribution in [2.24, 2.45) is 0 Å². The van der Waals surface area contributed by atoms with Gasteiger partial charge in [-0.1, -0.05) is 30.3 Å². The lowest BCUT2D eigenvalue weighted by atomic mass is 9.99. The van der Waals surface area contributed by atoms with E-state index in [1.54, 1.807) is 6.92 Å². The topological polar surface area (TPSA) is 20.2 Å². The number of aliphatic hydroxyl groups is 1. The molecule has 0 aliphatic heterocycles. The van der Waals surface area contributed by atoms with Gasteiger partial charge in [0.15, 0.2) is 0 Å². The van der Waals surface area contributed by atoms with Gasteiger partial charge in [0.05, 0.1) is 6.10 Å². The first kappa shape index (κ1) is 6.30. The second-order valence-electron chi connectivity index (χ2n) is 2.09. The van der Waals surface area contributed by atoms with Crippen LogP contribution in [0.15, 0.2) is 30.3 Å². The predicted molar refractivity (Wildman–Crippen MR) is 37.1 cm³/mol. The van der Waals surface area contributed by atoms with Crippen molar-refractivity contribution in [2.75, 3.05) is 0 Å². The molecule has 0 heterocycles. The third-order valence-corrected chi connectivity index (χ3v) is 1.28. The number of rotatable bonds is 1. The van der Waals surface area contributed by atoms with E-state index in [9.17, 15) is 0 Å². The molecule has 9 heavy (non-hydrogen) atoms. The maximum absolute atomic E-state index is 9.02. The van der Waals surface area contributed by atoms with Gasteiger partial charge in [-0.25, -0.2) is 0 Å². The summed E-state index contributed by atoms with van der Waals surface area (Å²) in [5.74, 6) is 0. The van der Waals surface area contributed by atoms with E-state index in [1.165, 1.54) is 0 Å². The van der Waals surface area contributed by atoms with Gasteiger partial charge in [-0.2, -0.15) is 0 Å². The van der Waals surface area contributed by atoms with Crippen LogP contribution in [0.25, 0.3) is 0 Å². The fraction of sp³-hybridized carbons (Fsp3) is 0.250. The molecule has 1 N–H and O–H groups in total. The minimum absolute atomic E-state index is 0.341. The molecule has 1 atom stereocenters. The van der Waals surface area contributed by atoms with Crippen LogP contribution in [0.4, 0.5) is 0 Å². The zero-order valence-electron chi connectivity index (χ0n) is 5.41. The molecular formula is C8H10O. The fourth-order valence-electron chi connectivity index (χ4n) is 0.732. The summed E-state index contributed by atoms with van der Waals surface area (Å²) in [5.41, 5.74) is 0.970. The quantitative estimate of drug-likeness (QED) is 0.600. The SMILES string of the molecule is [11CH3]C(O)c1ccccc1. The summed E-state index contributed by atoms with van der Waals surface area (Å²) in [6, 6.07) is 9.59. The van der Waals surface area contributed by atoms with E-state index in [0.717, 1.165) is 5.56 Å². The monoisotopic (exact) mass is 121 g/mol. The van der Waals surface area contributed by atoms with Gasteiger partial charge >= 0.3 is 0 Å². The highest BCUT2D eigenvalue weighted by Crippen LogP contribution is 2.08. The first-order chi connectivity index (χ1) is 4.30. The lowest BCUT2D eigenvalue weighted by Crippen LogP contribution is -1.87. The van der Waals surface area contributed by atoms with E-state index >= 15 is 0 Å². The summed E-state index contributed by atoms with van der Waals surface area (Å²) in [6.07, 6.45) is -0.341. The largest absolute Gasteiger partial charge is 0.389 e. The number of aliphatic hydroxyl groups excluding tert-OH is 1. The second kappa shape index (κ2) is 2.65. The van der Waals surface area contributed by atoms with Gasteiger partial charge in [0.25, 0.3) is 0 Å². The summed E-state index contributed by atoms with van der Waals surface area (Å²) in [4.78, 5) is 0. The Kier molecular flexibility index (Phi) is 1.85. The molecule has 1 aromatic carbocycles. The van der Waals surface area contributed by atoms with Crippen molar-refractivity contribution in [1.82, 2.24) is 0 Å². The minimum atomic E-state index is -0.341. The summed E-state index contributed by atoms with van der Waals surface area (Å²) in [5, 5.41) is 9.02. The molecule has 0 bridgehead atoms. The summed E-state index contributed by atoms with van der Waals surface area (Å²) >= 11 is 0. The zero-order valence-corrected chi connectivity index (χ0v) is 5.41. The van der Waals surface area contributed by atoms with Gasteiger partial charge < -0.3 is 5.11 Å². The highest BCUT2D eigenvalue weighted by atomic mass is 16.3. The van der Waals surface area contributed by atoms with Crippen molar-refractivity contribution in [3.8, 4) is 0 Å². The molecule has 0 fully saturated rings. The van der Waals surface area contributed by atoms with E-state index in [-0.39, 0.29) is 6.10 Å². The molecule has 0 aliphatic carbocycles. The lowest BCUT2D eigenvalue weighted by molar-refractivity contribution is 0.199. The van der Waals surface area contributed by atoms with Gasteiger partial charge in [0, 0.05) is 0 Å². The Hall–Kier alpha value is -0.820. The third-order valence-electron chi connectivity index (χ3n) is 1.28. The van der Waals surface area contributed by atoms with Gasteiger partial charge in [0.1, 0.15) is 0 Å². The summed E-state index contributed by atoms with van der Waals surface area (Å²) < 4.78 is 0. The van der Waals surface area contributed by atoms with Gasteiger partial charge in [0.2, 0.25) is 0 Å². The Morgan fingerprint density at radius 1 is 1.22 bits per heavy atom. The predicted octanol–water partition coefficient (Wildman–Crippen LogP) is 1.74. The zero-order chi connectivity index (χ0) is 6.69. The minimum Gasteiger partial charge on any atom is -0.389 e. The highest BCUT2D eigenvalue weighted by molar-refractivity contribution is 5.16. The number of hydrogen-bond acceptors (Lipinski definition) is 1. The van der Waals surface area contributed by atoms with E-state index in [2.05, 4.69) is 0 Å². The van der Waals surface area contributed by atoms with Crippen molar-refractivity contribution in [3.05, 3.63) is 35.9 Å². The molecular weight excluding hydrogens is 111 g/mol. The van der Waals surface area contributed by atoms with Crippen LogP contribution in [0, 0.1) is 0 Å². The Balaban J connectivity index is 2.85. The Labute approximate surface area is 55.0 Å². The fourth-order valence-corrected chi connectivity index (χ4v) is 0.732. The van der Waals surface area contributed by atoms with Crippen LogP contribution in [0.5, 0.6) is 0 Å². The summed E-state index contributed by atoms with van der Waals surface area (Å²) in [7, 11) is 0. The highest BCUT2D eigenvalue weighted by Gasteiger charge is 1.95. The van der Waals surface area contributed by atoms with E-state index in [4.69, 9.17) is 5.11 Å². The van der Waals surface area contributed by atoms with E-state index in [1.807, 2.05) is 30.3 Å². The number of benzene rings is 1. The molecule has 0 aromatic heterocycles. The molecule has 0 spiro atoms. The van der Waals surface area contributed by atoms with Crippen molar-refractivity contribution < 1.29 is 5.11 Å². The standard InChI is InChI=1S/C8H10O/c1-7(9)8-5-3-2-4-6-8/h2-7,9H,1H3/i1-1. The average Bonchev–Trinajstić information content (AvgIpc) is 1.90. The maximum Gasteiger partial charge on any atom is 0.0761 e. The normalized spacial score (nSPS) is 13.1. The molecule has 0 amide bonds. The molecule has 1 heteroatoms. The Morgan fingerprint density at radius 3 is 2.11 bits per heavy atom. The van der Waals surface area contributed by atoms with Crippen LogP contribution >= 0.6 is 0 Å². The molecule has 1 nitrogen and oxygen atoms in total. The molecule has 0 saturated heterocycles. The van der Waals surface area contributed by atoms with Crippen molar-refractivity contribution in [2.45, 2.75) is 13.0 Å². The van der Waals surface area contributed by atoms with Crippen LogP contribution in [-0.2, 0) is 0 Å². The van der Waals surface area contributed by atoms with Crippen molar-refractivity contribution in [3.63, 3.8) is 0 Å². The van der Waals surface area contributed by atoms with Crippen LogP contribution in [0.1, 0.15) is 18.6 Å². The van der Waals surface area contributed by atoms with E-state index < -0.39 is 0 Å². The molecule has 48 valence electrons. The molecule has 0 aliphatic rings. The van der Waals surface area contributed by atoms with Gasteiger partial charge in [-0.15, -0.1) is 0 Å². The first-order valence-electron chi connectivity index (χ1n) is 3.03. The van der Waals surface area contributed by atoms with E-state index in [0.29, 0.717) is 0 Å². The third kappa shape index (κ3) is 1.54. The maximum atomic E-state index is 9.02. The average molecular weight is 121 g/mol.